The normalized spacial score (nSPS) is 10.8. The summed E-state index contributed by atoms with van der Waals surface area (Å²) in [6.07, 6.45) is 8.19. The maximum Gasteiger partial charge on any atom is 0.244 e. The molecular weight excluding hydrogens is 414 g/mol. The van der Waals surface area contributed by atoms with Gasteiger partial charge in [0.05, 0.1) is 30.7 Å². The standard InChI is InChI=1S/C26H23N5O2/c32-24(28-17-25(33)29-23-12-7-15-27-16-23)14-13-22-19-31(18-20-8-3-1-4-9-20)30-26(22)21-10-5-2-6-11-21/h1-16,19H,17-18H2,(H,28,32)(H,29,33)/b14-13+. The van der Waals surface area contributed by atoms with Crippen LogP contribution in [0.4, 0.5) is 5.69 Å². The third kappa shape index (κ3) is 6.24. The van der Waals surface area contributed by atoms with Gasteiger partial charge in [0.15, 0.2) is 0 Å². The quantitative estimate of drug-likeness (QED) is 0.411. The highest BCUT2D eigenvalue weighted by atomic mass is 16.2. The summed E-state index contributed by atoms with van der Waals surface area (Å²) in [7, 11) is 0. The highest BCUT2D eigenvalue weighted by Gasteiger charge is 2.10. The van der Waals surface area contributed by atoms with Crippen molar-refractivity contribution in [2.24, 2.45) is 0 Å². The van der Waals surface area contributed by atoms with Gasteiger partial charge in [-0.15, -0.1) is 0 Å². The summed E-state index contributed by atoms with van der Waals surface area (Å²) < 4.78 is 1.86. The summed E-state index contributed by atoms with van der Waals surface area (Å²) in [5, 5.41) is 10.0. The molecule has 0 fully saturated rings. The van der Waals surface area contributed by atoms with E-state index in [1.165, 1.54) is 12.3 Å². The Morgan fingerprint density at radius 2 is 1.70 bits per heavy atom. The van der Waals surface area contributed by atoms with Crippen molar-refractivity contribution in [2.45, 2.75) is 6.54 Å². The van der Waals surface area contributed by atoms with Gasteiger partial charge in [0, 0.05) is 29.6 Å². The second kappa shape index (κ2) is 10.7. The number of carbonyl (C=O) groups is 2. The second-order valence-electron chi connectivity index (χ2n) is 7.32. The highest BCUT2D eigenvalue weighted by molar-refractivity contribution is 5.98. The molecule has 0 aliphatic rings. The molecule has 0 aliphatic carbocycles. The summed E-state index contributed by atoms with van der Waals surface area (Å²) in [6, 6.07) is 23.3. The summed E-state index contributed by atoms with van der Waals surface area (Å²) in [5.74, 6) is -0.698. The molecule has 2 aromatic carbocycles. The van der Waals surface area contributed by atoms with Crippen LogP contribution in [0.3, 0.4) is 0 Å². The summed E-state index contributed by atoms with van der Waals surface area (Å²) in [4.78, 5) is 28.3. The van der Waals surface area contributed by atoms with Crippen LogP contribution in [0.15, 0.2) is 97.5 Å². The molecule has 0 spiro atoms. The van der Waals surface area contributed by atoms with E-state index >= 15 is 0 Å². The van der Waals surface area contributed by atoms with Gasteiger partial charge in [-0.1, -0.05) is 60.7 Å². The molecule has 4 aromatic rings. The number of anilines is 1. The maximum absolute atomic E-state index is 12.3. The predicted octanol–water partition coefficient (Wildman–Crippen LogP) is 3.76. The lowest BCUT2D eigenvalue weighted by molar-refractivity contribution is -0.121. The van der Waals surface area contributed by atoms with E-state index in [9.17, 15) is 9.59 Å². The van der Waals surface area contributed by atoms with Crippen molar-refractivity contribution < 1.29 is 9.59 Å². The molecule has 0 atom stereocenters. The molecule has 0 saturated carbocycles. The highest BCUT2D eigenvalue weighted by Crippen LogP contribution is 2.23. The zero-order valence-electron chi connectivity index (χ0n) is 17.9. The molecule has 164 valence electrons. The Labute approximate surface area is 191 Å². The van der Waals surface area contributed by atoms with Crippen LogP contribution in [0.5, 0.6) is 0 Å². The van der Waals surface area contributed by atoms with Gasteiger partial charge in [-0.2, -0.15) is 5.10 Å². The van der Waals surface area contributed by atoms with Crippen LogP contribution >= 0.6 is 0 Å². The molecular formula is C26H23N5O2. The van der Waals surface area contributed by atoms with Crippen molar-refractivity contribution in [1.82, 2.24) is 20.1 Å². The van der Waals surface area contributed by atoms with Gasteiger partial charge in [-0.25, -0.2) is 0 Å². The first kappa shape index (κ1) is 21.7. The fourth-order valence-electron chi connectivity index (χ4n) is 3.26. The van der Waals surface area contributed by atoms with E-state index in [-0.39, 0.29) is 18.4 Å². The van der Waals surface area contributed by atoms with Crippen molar-refractivity contribution >= 4 is 23.6 Å². The molecule has 2 heterocycles. The first-order valence-electron chi connectivity index (χ1n) is 10.5. The monoisotopic (exact) mass is 437 g/mol. The molecule has 4 rings (SSSR count). The van der Waals surface area contributed by atoms with E-state index in [0.717, 1.165) is 22.4 Å². The zero-order valence-corrected chi connectivity index (χ0v) is 17.9. The Bertz CT molecular complexity index is 1240. The molecule has 33 heavy (non-hydrogen) atoms. The van der Waals surface area contributed by atoms with Crippen molar-refractivity contribution in [3.8, 4) is 11.3 Å². The Morgan fingerprint density at radius 3 is 2.42 bits per heavy atom. The molecule has 7 nitrogen and oxygen atoms in total. The largest absolute Gasteiger partial charge is 0.343 e. The van der Waals surface area contributed by atoms with Crippen LogP contribution < -0.4 is 10.6 Å². The lowest BCUT2D eigenvalue weighted by Gasteiger charge is -2.04. The molecule has 2 amide bonds. The first-order valence-corrected chi connectivity index (χ1v) is 10.5. The summed E-state index contributed by atoms with van der Waals surface area (Å²) in [6.45, 7) is 0.478. The number of amides is 2. The van der Waals surface area contributed by atoms with Gasteiger partial charge < -0.3 is 10.6 Å². The van der Waals surface area contributed by atoms with Crippen LogP contribution in [-0.4, -0.2) is 33.1 Å². The average Bonchev–Trinajstić information content (AvgIpc) is 3.26. The SMILES string of the molecule is O=C(/C=C/c1cn(Cc2ccccc2)nc1-c1ccccc1)NCC(=O)Nc1cccnc1. The van der Waals surface area contributed by atoms with E-state index in [1.54, 1.807) is 24.4 Å². The van der Waals surface area contributed by atoms with E-state index < -0.39 is 0 Å². The summed E-state index contributed by atoms with van der Waals surface area (Å²) >= 11 is 0. The van der Waals surface area contributed by atoms with Gasteiger partial charge >= 0.3 is 0 Å². The van der Waals surface area contributed by atoms with E-state index in [2.05, 4.69) is 15.6 Å². The van der Waals surface area contributed by atoms with Gasteiger partial charge in [0.1, 0.15) is 0 Å². The van der Waals surface area contributed by atoms with Crippen LogP contribution in [0, 0.1) is 0 Å². The van der Waals surface area contributed by atoms with Crippen molar-refractivity contribution in [3.63, 3.8) is 0 Å². The Morgan fingerprint density at radius 1 is 0.939 bits per heavy atom. The number of carbonyl (C=O) groups excluding carboxylic acids is 2. The smallest absolute Gasteiger partial charge is 0.244 e. The van der Waals surface area contributed by atoms with Gasteiger partial charge in [-0.05, 0) is 23.8 Å². The minimum atomic E-state index is -0.369. The van der Waals surface area contributed by atoms with E-state index in [1.807, 2.05) is 71.5 Å². The number of hydrogen-bond acceptors (Lipinski definition) is 4. The Kier molecular flexibility index (Phi) is 7.02. The fraction of sp³-hybridized carbons (Fsp3) is 0.0769. The Balaban J connectivity index is 1.44. The average molecular weight is 438 g/mol. The van der Waals surface area contributed by atoms with Crippen molar-refractivity contribution in [3.05, 3.63) is 109 Å². The molecule has 7 heteroatoms. The van der Waals surface area contributed by atoms with E-state index in [4.69, 9.17) is 5.10 Å². The molecule has 0 unspecified atom stereocenters. The molecule has 0 saturated heterocycles. The molecule has 0 bridgehead atoms. The molecule has 0 aliphatic heterocycles. The zero-order chi connectivity index (χ0) is 22.9. The minimum absolute atomic E-state index is 0.142. The second-order valence-corrected chi connectivity index (χ2v) is 7.32. The number of nitrogens with zero attached hydrogens (tertiary/aromatic N) is 3. The lowest BCUT2D eigenvalue weighted by Crippen LogP contribution is -2.31. The van der Waals surface area contributed by atoms with Gasteiger partial charge in [-0.3, -0.25) is 19.3 Å². The molecule has 0 radical (unpaired) electrons. The molecule has 2 N–H and O–H groups in total. The number of rotatable bonds is 8. The number of pyridine rings is 1. The summed E-state index contributed by atoms with van der Waals surface area (Å²) in [5.41, 5.74) is 4.26. The number of benzene rings is 2. The Hall–Kier alpha value is -4.52. The topological polar surface area (TPSA) is 88.9 Å². The van der Waals surface area contributed by atoms with Crippen LogP contribution in [0.25, 0.3) is 17.3 Å². The fourth-order valence-corrected chi connectivity index (χ4v) is 3.26. The third-order valence-corrected chi connectivity index (χ3v) is 4.81. The third-order valence-electron chi connectivity index (χ3n) is 4.81. The van der Waals surface area contributed by atoms with E-state index in [0.29, 0.717) is 12.2 Å². The number of aromatic nitrogens is 3. The number of hydrogen-bond donors (Lipinski definition) is 2. The van der Waals surface area contributed by atoms with Crippen LogP contribution in [0.1, 0.15) is 11.1 Å². The van der Waals surface area contributed by atoms with Crippen molar-refractivity contribution in [1.29, 1.82) is 0 Å². The maximum atomic E-state index is 12.3. The van der Waals surface area contributed by atoms with Crippen LogP contribution in [-0.2, 0) is 16.1 Å². The van der Waals surface area contributed by atoms with Crippen molar-refractivity contribution in [2.75, 3.05) is 11.9 Å². The predicted molar refractivity (Wildman–Crippen MR) is 128 cm³/mol. The lowest BCUT2D eigenvalue weighted by atomic mass is 10.1. The van der Waals surface area contributed by atoms with Gasteiger partial charge in [0.2, 0.25) is 11.8 Å². The van der Waals surface area contributed by atoms with Gasteiger partial charge in [0.25, 0.3) is 0 Å². The number of nitrogens with one attached hydrogen (secondary N) is 2. The van der Waals surface area contributed by atoms with Crippen LogP contribution in [0.2, 0.25) is 0 Å². The minimum Gasteiger partial charge on any atom is -0.343 e. The first-order chi connectivity index (χ1) is 16.2. The molecule has 2 aromatic heterocycles.